The lowest BCUT2D eigenvalue weighted by atomic mass is 9.94. The normalized spacial score (nSPS) is 17.9. The first-order chi connectivity index (χ1) is 14.1. The van der Waals surface area contributed by atoms with E-state index in [-0.39, 0.29) is 6.04 Å². The number of β-amino-alcohol motifs (C(OH)–C–C–N with tert-alkyl or cyclic N) is 1. The zero-order valence-corrected chi connectivity index (χ0v) is 17.1. The topological polar surface area (TPSA) is 26.7 Å². The molecule has 1 aliphatic heterocycles. The first-order valence-electron chi connectivity index (χ1n) is 10.5. The zero-order chi connectivity index (χ0) is 20.1. The average molecular weight is 387 g/mol. The molecule has 3 aromatic rings. The number of piperazine rings is 1. The van der Waals surface area contributed by atoms with Crippen LogP contribution in [0.2, 0.25) is 0 Å². The lowest BCUT2D eigenvalue weighted by molar-refractivity contribution is -0.00290. The van der Waals surface area contributed by atoms with E-state index in [9.17, 15) is 5.11 Å². The number of benzene rings is 3. The molecule has 1 aliphatic rings. The van der Waals surface area contributed by atoms with Crippen LogP contribution in [0.1, 0.15) is 29.7 Å². The lowest BCUT2D eigenvalue weighted by Crippen LogP contribution is -2.51. The van der Waals surface area contributed by atoms with Crippen molar-refractivity contribution >= 4 is 0 Å². The Kier molecular flexibility index (Phi) is 6.10. The van der Waals surface area contributed by atoms with Gasteiger partial charge in [0.05, 0.1) is 11.6 Å². The Morgan fingerprint density at radius 1 is 0.724 bits per heavy atom. The van der Waals surface area contributed by atoms with Gasteiger partial charge in [-0.15, -0.1) is 0 Å². The molecule has 1 atom stereocenters. The van der Waals surface area contributed by atoms with Crippen molar-refractivity contribution in [3.63, 3.8) is 0 Å². The second kappa shape index (κ2) is 8.91. The van der Waals surface area contributed by atoms with Crippen molar-refractivity contribution in [2.24, 2.45) is 0 Å². The largest absolute Gasteiger partial charge is 0.384 e. The maximum Gasteiger partial charge on any atom is 0.0994 e. The molecule has 1 saturated heterocycles. The van der Waals surface area contributed by atoms with Gasteiger partial charge in [0.1, 0.15) is 0 Å². The third-order valence-electron chi connectivity index (χ3n) is 5.93. The molecule has 1 fully saturated rings. The number of nitrogens with zero attached hydrogens (tertiary/aromatic N) is 2. The van der Waals surface area contributed by atoms with E-state index in [4.69, 9.17) is 0 Å². The molecule has 1 heterocycles. The summed E-state index contributed by atoms with van der Waals surface area (Å²) in [5, 5.41) is 11.0. The molecule has 0 amide bonds. The molecular weight excluding hydrogens is 356 g/mol. The Labute approximate surface area is 174 Å². The van der Waals surface area contributed by atoms with Crippen molar-refractivity contribution in [2.45, 2.75) is 18.6 Å². The summed E-state index contributed by atoms with van der Waals surface area (Å²) in [6, 6.07) is 31.8. The van der Waals surface area contributed by atoms with Crippen LogP contribution in [0.4, 0.5) is 0 Å². The molecule has 0 aromatic heterocycles. The summed E-state index contributed by atoms with van der Waals surface area (Å²) in [5.41, 5.74) is 2.82. The summed E-state index contributed by atoms with van der Waals surface area (Å²) < 4.78 is 0. The molecule has 1 N–H and O–H groups in total. The van der Waals surface area contributed by atoms with Crippen LogP contribution in [0.5, 0.6) is 0 Å². The first kappa shape index (κ1) is 19.8. The lowest BCUT2D eigenvalue weighted by Gasteiger charge is -2.41. The van der Waals surface area contributed by atoms with Crippen molar-refractivity contribution in [1.82, 2.24) is 9.80 Å². The van der Waals surface area contributed by atoms with Crippen LogP contribution in [-0.2, 0) is 5.60 Å². The fraction of sp³-hybridized carbons (Fsp3) is 0.308. The molecule has 0 saturated carbocycles. The third-order valence-corrected chi connectivity index (χ3v) is 5.93. The molecule has 3 heteroatoms. The summed E-state index contributed by atoms with van der Waals surface area (Å²) in [6.45, 7) is 6.47. The van der Waals surface area contributed by atoms with E-state index in [0.29, 0.717) is 6.54 Å². The fourth-order valence-electron chi connectivity index (χ4n) is 4.39. The molecule has 0 spiro atoms. The summed E-state index contributed by atoms with van der Waals surface area (Å²) in [4.78, 5) is 4.95. The molecular formula is C26H30N2O. The van der Waals surface area contributed by atoms with Crippen LogP contribution < -0.4 is 0 Å². The second-order valence-electron chi connectivity index (χ2n) is 8.18. The Morgan fingerprint density at radius 3 is 1.66 bits per heavy atom. The Hall–Kier alpha value is -2.46. The van der Waals surface area contributed by atoms with Crippen LogP contribution in [0, 0.1) is 0 Å². The van der Waals surface area contributed by atoms with Crippen molar-refractivity contribution < 1.29 is 5.11 Å². The third kappa shape index (κ3) is 4.76. The van der Waals surface area contributed by atoms with Gasteiger partial charge in [0.15, 0.2) is 0 Å². The van der Waals surface area contributed by atoms with Crippen LogP contribution in [0.25, 0.3) is 0 Å². The van der Waals surface area contributed by atoms with E-state index in [0.717, 1.165) is 31.7 Å². The summed E-state index contributed by atoms with van der Waals surface area (Å²) >= 11 is 0. The number of hydrogen-bond acceptors (Lipinski definition) is 3. The first-order valence-corrected chi connectivity index (χ1v) is 10.5. The highest BCUT2D eigenvalue weighted by atomic mass is 16.3. The van der Waals surface area contributed by atoms with Gasteiger partial charge in [-0.3, -0.25) is 9.80 Å². The van der Waals surface area contributed by atoms with Crippen LogP contribution in [0.3, 0.4) is 0 Å². The fourth-order valence-corrected chi connectivity index (χ4v) is 4.39. The van der Waals surface area contributed by atoms with E-state index < -0.39 is 5.60 Å². The average Bonchev–Trinajstić information content (AvgIpc) is 2.77. The Morgan fingerprint density at radius 2 is 1.17 bits per heavy atom. The van der Waals surface area contributed by atoms with E-state index in [1.807, 2.05) is 37.3 Å². The van der Waals surface area contributed by atoms with Gasteiger partial charge in [-0.25, -0.2) is 0 Å². The SMILES string of the molecule is CC(O)(CN1CCN(C(c2ccccc2)c2ccccc2)CC1)c1ccccc1. The van der Waals surface area contributed by atoms with E-state index in [2.05, 4.69) is 70.5 Å². The zero-order valence-electron chi connectivity index (χ0n) is 17.1. The van der Waals surface area contributed by atoms with Gasteiger partial charge in [-0.1, -0.05) is 91.0 Å². The molecule has 0 radical (unpaired) electrons. The highest BCUT2D eigenvalue weighted by molar-refractivity contribution is 5.32. The van der Waals surface area contributed by atoms with E-state index in [1.54, 1.807) is 0 Å². The van der Waals surface area contributed by atoms with Crippen LogP contribution >= 0.6 is 0 Å². The number of hydrogen-bond donors (Lipinski definition) is 1. The van der Waals surface area contributed by atoms with Crippen molar-refractivity contribution in [3.05, 3.63) is 108 Å². The van der Waals surface area contributed by atoms with Crippen molar-refractivity contribution in [1.29, 1.82) is 0 Å². The highest BCUT2D eigenvalue weighted by Crippen LogP contribution is 2.30. The minimum Gasteiger partial charge on any atom is -0.384 e. The molecule has 1 unspecified atom stereocenters. The van der Waals surface area contributed by atoms with Gasteiger partial charge in [0.2, 0.25) is 0 Å². The molecule has 4 rings (SSSR count). The summed E-state index contributed by atoms with van der Waals surface area (Å²) in [7, 11) is 0. The van der Waals surface area contributed by atoms with Gasteiger partial charge < -0.3 is 5.11 Å². The monoisotopic (exact) mass is 386 g/mol. The minimum absolute atomic E-state index is 0.272. The summed E-state index contributed by atoms with van der Waals surface area (Å²) in [5.74, 6) is 0. The molecule has 0 aliphatic carbocycles. The second-order valence-corrected chi connectivity index (χ2v) is 8.18. The molecule has 3 aromatic carbocycles. The van der Waals surface area contributed by atoms with Crippen molar-refractivity contribution in [3.8, 4) is 0 Å². The highest BCUT2D eigenvalue weighted by Gasteiger charge is 2.30. The van der Waals surface area contributed by atoms with Gasteiger partial charge in [-0.05, 0) is 23.6 Å². The molecule has 0 bridgehead atoms. The number of rotatable bonds is 6. The molecule has 29 heavy (non-hydrogen) atoms. The molecule has 3 nitrogen and oxygen atoms in total. The minimum atomic E-state index is -0.832. The predicted molar refractivity (Wildman–Crippen MR) is 119 cm³/mol. The van der Waals surface area contributed by atoms with Crippen LogP contribution in [-0.4, -0.2) is 47.6 Å². The van der Waals surface area contributed by atoms with Gasteiger partial charge >= 0.3 is 0 Å². The Balaban J connectivity index is 1.46. The smallest absolute Gasteiger partial charge is 0.0994 e. The quantitative estimate of drug-likeness (QED) is 0.684. The van der Waals surface area contributed by atoms with E-state index >= 15 is 0 Å². The van der Waals surface area contributed by atoms with Gasteiger partial charge in [0, 0.05) is 32.7 Å². The predicted octanol–water partition coefficient (Wildman–Crippen LogP) is 4.30. The summed E-state index contributed by atoms with van der Waals surface area (Å²) in [6.07, 6.45) is 0. The standard InChI is InChI=1S/C26H30N2O/c1-26(29,24-15-9-4-10-16-24)21-27-17-19-28(20-18-27)25(22-11-5-2-6-12-22)23-13-7-3-8-14-23/h2-16,25,29H,17-21H2,1H3. The maximum atomic E-state index is 11.0. The number of aliphatic hydroxyl groups is 1. The maximum absolute atomic E-state index is 11.0. The van der Waals surface area contributed by atoms with Crippen LogP contribution in [0.15, 0.2) is 91.0 Å². The molecule has 150 valence electrons. The van der Waals surface area contributed by atoms with Gasteiger partial charge in [0.25, 0.3) is 0 Å². The Bertz CT molecular complexity index is 833. The van der Waals surface area contributed by atoms with Gasteiger partial charge in [-0.2, -0.15) is 0 Å². The van der Waals surface area contributed by atoms with E-state index in [1.165, 1.54) is 11.1 Å². The van der Waals surface area contributed by atoms with Crippen molar-refractivity contribution in [2.75, 3.05) is 32.7 Å².